The SMILES string of the molecule is CN=C(NCCCN(C(C)C)C(C)C)NCCc1nc(-c2ccco2)n[nH]1.I. The van der Waals surface area contributed by atoms with Gasteiger partial charge in [0.1, 0.15) is 5.82 Å². The average Bonchev–Trinajstić information content (AvgIpc) is 3.30. The van der Waals surface area contributed by atoms with Gasteiger partial charge in [-0.2, -0.15) is 5.10 Å². The van der Waals surface area contributed by atoms with E-state index in [1.807, 2.05) is 12.1 Å². The zero-order valence-electron chi connectivity index (χ0n) is 17.5. The van der Waals surface area contributed by atoms with Crippen LogP contribution in [0, 0.1) is 0 Å². The van der Waals surface area contributed by atoms with Gasteiger partial charge in [0.15, 0.2) is 11.7 Å². The molecule has 0 aliphatic carbocycles. The number of rotatable bonds is 10. The molecule has 0 saturated heterocycles. The second kappa shape index (κ2) is 12.8. The van der Waals surface area contributed by atoms with Crippen molar-refractivity contribution in [2.24, 2.45) is 4.99 Å². The topological polar surface area (TPSA) is 94.4 Å². The van der Waals surface area contributed by atoms with Crippen molar-refractivity contribution < 1.29 is 4.42 Å². The molecule has 3 N–H and O–H groups in total. The van der Waals surface area contributed by atoms with E-state index in [1.54, 1.807) is 13.3 Å². The lowest BCUT2D eigenvalue weighted by Gasteiger charge is -2.30. The number of hydrogen-bond acceptors (Lipinski definition) is 5. The molecule has 0 aliphatic rings. The molecule has 0 aromatic carbocycles. The molecule has 8 nitrogen and oxygen atoms in total. The Morgan fingerprint density at radius 2 is 1.93 bits per heavy atom. The van der Waals surface area contributed by atoms with Crippen LogP contribution in [-0.2, 0) is 6.42 Å². The van der Waals surface area contributed by atoms with Crippen molar-refractivity contribution in [1.29, 1.82) is 0 Å². The summed E-state index contributed by atoms with van der Waals surface area (Å²) in [4.78, 5) is 11.2. The summed E-state index contributed by atoms with van der Waals surface area (Å²) in [5.74, 6) is 2.87. The molecule has 9 heteroatoms. The number of aromatic nitrogens is 3. The summed E-state index contributed by atoms with van der Waals surface area (Å²) in [6.07, 6.45) is 3.42. The number of aromatic amines is 1. The summed E-state index contributed by atoms with van der Waals surface area (Å²) < 4.78 is 5.30. The first-order valence-corrected chi connectivity index (χ1v) is 9.66. The average molecular weight is 503 g/mol. The summed E-state index contributed by atoms with van der Waals surface area (Å²) >= 11 is 0. The van der Waals surface area contributed by atoms with Gasteiger partial charge < -0.3 is 15.1 Å². The molecular weight excluding hydrogens is 469 g/mol. The Kier molecular flexibility index (Phi) is 11.1. The highest BCUT2D eigenvalue weighted by Crippen LogP contribution is 2.14. The minimum Gasteiger partial charge on any atom is -0.461 e. The largest absolute Gasteiger partial charge is 0.461 e. The Labute approximate surface area is 185 Å². The molecule has 0 radical (unpaired) electrons. The van der Waals surface area contributed by atoms with Crippen LogP contribution in [-0.4, -0.2) is 64.8 Å². The highest BCUT2D eigenvalue weighted by Gasteiger charge is 2.12. The van der Waals surface area contributed by atoms with Crippen LogP contribution < -0.4 is 10.6 Å². The van der Waals surface area contributed by atoms with Gasteiger partial charge in [0.05, 0.1) is 6.26 Å². The molecule has 0 saturated carbocycles. The number of nitrogens with one attached hydrogen (secondary N) is 3. The van der Waals surface area contributed by atoms with Gasteiger partial charge >= 0.3 is 0 Å². The molecule has 0 bridgehead atoms. The lowest BCUT2D eigenvalue weighted by molar-refractivity contribution is 0.173. The second-order valence-corrected chi connectivity index (χ2v) is 7.04. The van der Waals surface area contributed by atoms with Gasteiger partial charge in [-0.25, -0.2) is 4.98 Å². The summed E-state index contributed by atoms with van der Waals surface area (Å²) in [7, 11) is 1.79. The van der Waals surface area contributed by atoms with Crippen molar-refractivity contribution in [3.63, 3.8) is 0 Å². The van der Waals surface area contributed by atoms with E-state index < -0.39 is 0 Å². The van der Waals surface area contributed by atoms with Gasteiger partial charge in [0.25, 0.3) is 0 Å². The van der Waals surface area contributed by atoms with Gasteiger partial charge in [-0.1, -0.05) is 0 Å². The molecule has 0 unspecified atom stereocenters. The van der Waals surface area contributed by atoms with Crippen molar-refractivity contribution in [3.8, 4) is 11.6 Å². The van der Waals surface area contributed by atoms with Gasteiger partial charge in [-0.3, -0.25) is 15.0 Å². The maximum absolute atomic E-state index is 5.30. The maximum Gasteiger partial charge on any atom is 0.216 e. The van der Waals surface area contributed by atoms with Crippen molar-refractivity contribution >= 4 is 29.9 Å². The van der Waals surface area contributed by atoms with Crippen LogP contribution in [0.2, 0.25) is 0 Å². The normalized spacial score (nSPS) is 11.9. The third kappa shape index (κ3) is 7.78. The van der Waals surface area contributed by atoms with Crippen LogP contribution in [0.3, 0.4) is 0 Å². The third-order valence-electron chi connectivity index (χ3n) is 4.36. The molecule has 0 spiro atoms. The summed E-state index contributed by atoms with van der Waals surface area (Å²) in [6.45, 7) is 11.7. The van der Waals surface area contributed by atoms with Crippen molar-refractivity contribution in [3.05, 3.63) is 24.2 Å². The highest BCUT2D eigenvalue weighted by atomic mass is 127. The number of guanidine groups is 1. The number of halogens is 1. The zero-order chi connectivity index (χ0) is 19.6. The number of furan rings is 1. The summed E-state index contributed by atoms with van der Waals surface area (Å²) in [5, 5.41) is 13.8. The van der Waals surface area contributed by atoms with E-state index in [0.717, 1.165) is 44.3 Å². The molecule has 0 aliphatic heterocycles. The number of nitrogens with zero attached hydrogens (tertiary/aromatic N) is 4. The fraction of sp³-hybridized carbons (Fsp3) is 0.632. The van der Waals surface area contributed by atoms with Crippen LogP contribution in [0.4, 0.5) is 0 Å². The van der Waals surface area contributed by atoms with E-state index in [0.29, 0.717) is 23.7 Å². The predicted molar refractivity (Wildman–Crippen MR) is 124 cm³/mol. The van der Waals surface area contributed by atoms with E-state index in [9.17, 15) is 0 Å². The second-order valence-electron chi connectivity index (χ2n) is 7.04. The Morgan fingerprint density at radius 3 is 2.54 bits per heavy atom. The number of hydrogen-bond donors (Lipinski definition) is 3. The van der Waals surface area contributed by atoms with E-state index >= 15 is 0 Å². The lowest BCUT2D eigenvalue weighted by atomic mass is 10.2. The molecule has 2 aromatic heterocycles. The molecular formula is C19H34IN7O. The van der Waals surface area contributed by atoms with Crippen molar-refractivity contribution in [1.82, 2.24) is 30.7 Å². The number of H-pyrrole nitrogens is 1. The fourth-order valence-electron chi connectivity index (χ4n) is 3.02. The maximum atomic E-state index is 5.30. The van der Waals surface area contributed by atoms with Gasteiger partial charge in [-0.15, -0.1) is 24.0 Å². The third-order valence-corrected chi connectivity index (χ3v) is 4.36. The molecule has 2 aromatic rings. The Balaban J connectivity index is 0.00000392. The Morgan fingerprint density at radius 1 is 1.21 bits per heavy atom. The first-order chi connectivity index (χ1) is 13.0. The quantitative estimate of drug-likeness (QED) is 0.200. The van der Waals surface area contributed by atoms with Crippen molar-refractivity contribution in [2.45, 2.75) is 52.6 Å². The molecule has 0 amide bonds. The fourth-order valence-corrected chi connectivity index (χ4v) is 3.02. The van der Waals surface area contributed by atoms with Gasteiger partial charge in [0.2, 0.25) is 5.82 Å². The first-order valence-electron chi connectivity index (χ1n) is 9.66. The Bertz CT molecular complexity index is 674. The molecule has 0 fully saturated rings. The standard InChI is InChI=1S/C19H33N7O.HI/c1-14(2)26(15(3)4)12-7-10-21-19(20-5)22-11-9-17-23-18(25-24-17)16-8-6-13-27-16;/h6,8,13-15H,7,9-12H2,1-5H3,(H2,20,21,22)(H,23,24,25);1H. The van der Waals surface area contributed by atoms with Gasteiger partial charge in [0, 0.05) is 45.2 Å². The molecule has 28 heavy (non-hydrogen) atoms. The molecule has 158 valence electrons. The van der Waals surface area contributed by atoms with E-state index in [1.165, 1.54) is 0 Å². The minimum absolute atomic E-state index is 0. The summed E-state index contributed by atoms with van der Waals surface area (Å²) in [5.41, 5.74) is 0. The Hall–Kier alpha value is -1.62. The minimum atomic E-state index is 0. The summed E-state index contributed by atoms with van der Waals surface area (Å²) in [6, 6.07) is 4.80. The highest BCUT2D eigenvalue weighted by molar-refractivity contribution is 14.0. The van der Waals surface area contributed by atoms with Crippen LogP contribution in [0.25, 0.3) is 11.6 Å². The van der Waals surface area contributed by atoms with Crippen LogP contribution in [0.5, 0.6) is 0 Å². The predicted octanol–water partition coefficient (Wildman–Crippen LogP) is 2.90. The van der Waals surface area contributed by atoms with Crippen LogP contribution in [0.15, 0.2) is 27.8 Å². The van der Waals surface area contributed by atoms with E-state index in [-0.39, 0.29) is 24.0 Å². The monoisotopic (exact) mass is 503 g/mol. The van der Waals surface area contributed by atoms with Crippen molar-refractivity contribution in [2.75, 3.05) is 26.7 Å². The van der Waals surface area contributed by atoms with Gasteiger partial charge in [-0.05, 0) is 46.2 Å². The smallest absolute Gasteiger partial charge is 0.216 e. The van der Waals surface area contributed by atoms with Crippen LogP contribution in [0.1, 0.15) is 39.9 Å². The van der Waals surface area contributed by atoms with Crippen LogP contribution >= 0.6 is 24.0 Å². The molecule has 2 heterocycles. The number of aliphatic imine (C=N–C) groups is 1. The molecule has 2 rings (SSSR count). The zero-order valence-corrected chi connectivity index (χ0v) is 19.9. The first kappa shape index (κ1) is 24.4. The lowest BCUT2D eigenvalue weighted by Crippen LogP contribution is -2.41. The van der Waals surface area contributed by atoms with E-state index in [2.05, 4.69) is 63.4 Å². The molecule has 0 atom stereocenters. The van der Waals surface area contributed by atoms with E-state index in [4.69, 9.17) is 4.42 Å².